The maximum Gasteiger partial charge on any atom is 0.277 e. The molecule has 106 valence electrons. The van der Waals surface area contributed by atoms with Crippen LogP contribution in [0.25, 0.3) is 0 Å². The van der Waals surface area contributed by atoms with Crippen molar-refractivity contribution in [1.29, 1.82) is 0 Å². The van der Waals surface area contributed by atoms with Gasteiger partial charge in [0.25, 0.3) is 5.22 Å². The van der Waals surface area contributed by atoms with Crippen molar-refractivity contribution in [2.24, 2.45) is 0 Å². The molecular formula is C13H15N3O3S. The minimum atomic E-state index is -0.294. The Hall–Kier alpha value is -1.76. The number of thioether (sulfide) groups is 1. The number of hydrogen-bond acceptors (Lipinski definition) is 6. The quantitative estimate of drug-likeness (QED) is 0.823. The van der Waals surface area contributed by atoms with Crippen molar-refractivity contribution >= 4 is 17.7 Å². The molecule has 0 radical (unpaired) electrons. The van der Waals surface area contributed by atoms with E-state index >= 15 is 0 Å². The van der Waals surface area contributed by atoms with E-state index in [-0.39, 0.29) is 11.2 Å². The van der Waals surface area contributed by atoms with Gasteiger partial charge in [0, 0.05) is 5.92 Å². The third kappa shape index (κ3) is 3.22. The topological polar surface area (TPSA) is 81.2 Å². The van der Waals surface area contributed by atoms with Gasteiger partial charge in [-0.25, -0.2) is 0 Å². The van der Waals surface area contributed by atoms with Gasteiger partial charge in [-0.15, -0.1) is 10.2 Å². The van der Waals surface area contributed by atoms with E-state index in [0.29, 0.717) is 23.6 Å². The van der Waals surface area contributed by atoms with Crippen molar-refractivity contribution in [3.8, 4) is 0 Å². The highest BCUT2D eigenvalue weighted by molar-refractivity contribution is 8.00. The largest absolute Gasteiger partial charge is 0.467 e. The van der Waals surface area contributed by atoms with Crippen molar-refractivity contribution in [3.63, 3.8) is 0 Å². The fraction of sp³-hybridized carbons (Fsp3) is 0.462. The van der Waals surface area contributed by atoms with E-state index in [4.69, 9.17) is 8.83 Å². The van der Waals surface area contributed by atoms with Crippen LogP contribution < -0.4 is 5.32 Å². The van der Waals surface area contributed by atoms with Gasteiger partial charge >= 0.3 is 0 Å². The molecule has 6 nitrogen and oxygen atoms in total. The van der Waals surface area contributed by atoms with Gasteiger partial charge in [0.2, 0.25) is 11.8 Å². The maximum absolute atomic E-state index is 11.9. The second-order valence-electron chi connectivity index (χ2n) is 4.74. The van der Waals surface area contributed by atoms with Crippen LogP contribution >= 0.6 is 11.8 Å². The molecule has 2 aromatic heterocycles. The number of aromatic nitrogens is 2. The average Bonchev–Trinajstić information content (AvgIpc) is 2.98. The van der Waals surface area contributed by atoms with Gasteiger partial charge in [0.15, 0.2) is 0 Å². The van der Waals surface area contributed by atoms with Gasteiger partial charge in [-0.05, 0) is 31.9 Å². The standard InChI is InChI=1S/C13H15N3O3S/c1-8(11(17)14-7-10-3-2-6-18-10)20-13-16-15-12(19-13)9-4-5-9/h2-3,6,8-9H,4-5,7H2,1H3,(H,14,17). The van der Waals surface area contributed by atoms with Gasteiger partial charge in [-0.2, -0.15) is 0 Å². The second-order valence-corrected chi connectivity index (χ2v) is 6.03. The van der Waals surface area contributed by atoms with Crippen LogP contribution in [0.1, 0.15) is 37.3 Å². The minimum absolute atomic E-state index is 0.0856. The summed E-state index contributed by atoms with van der Waals surface area (Å²) in [7, 11) is 0. The molecule has 2 aromatic rings. The maximum atomic E-state index is 11.9. The molecular weight excluding hydrogens is 278 g/mol. The first-order valence-electron chi connectivity index (χ1n) is 6.52. The molecule has 7 heteroatoms. The number of nitrogens with one attached hydrogen (secondary N) is 1. The Morgan fingerprint density at radius 2 is 2.40 bits per heavy atom. The van der Waals surface area contributed by atoms with Gasteiger partial charge in [0.1, 0.15) is 5.76 Å². The van der Waals surface area contributed by atoms with Crippen molar-refractivity contribution in [2.45, 2.75) is 42.7 Å². The lowest BCUT2D eigenvalue weighted by Gasteiger charge is -2.08. The van der Waals surface area contributed by atoms with Crippen molar-refractivity contribution in [2.75, 3.05) is 0 Å². The Balaban J connectivity index is 1.49. The molecule has 1 unspecified atom stereocenters. The van der Waals surface area contributed by atoms with Crippen molar-refractivity contribution in [3.05, 3.63) is 30.0 Å². The summed E-state index contributed by atoms with van der Waals surface area (Å²) in [5.41, 5.74) is 0. The molecule has 1 amide bonds. The fourth-order valence-corrected chi connectivity index (χ4v) is 2.41. The van der Waals surface area contributed by atoms with Gasteiger partial charge in [-0.1, -0.05) is 11.8 Å². The van der Waals surface area contributed by atoms with Crippen LogP contribution in [0.4, 0.5) is 0 Å². The first-order chi connectivity index (χ1) is 9.72. The third-order valence-electron chi connectivity index (χ3n) is 3.01. The van der Waals surface area contributed by atoms with Crippen LogP contribution in [0.15, 0.2) is 32.5 Å². The Morgan fingerprint density at radius 1 is 1.55 bits per heavy atom. The Morgan fingerprint density at radius 3 is 3.10 bits per heavy atom. The second kappa shape index (κ2) is 5.70. The molecule has 3 rings (SSSR count). The molecule has 0 spiro atoms. The minimum Gasteiger partial charge on any atom is -0.467 e. The first kappa shape index (κ1) is 13.2. The zero-order valence-corrected chi connectivity index (χ0v) is 11.9. The van der Waals surface area contributed by atoms with E-state index in [0.717, 1.165) is 18.6 Å². The summed E-state index contributed by atoms with van der Waals surface area (Å²) < 4.78 is 10.7. The monoisotopic (exact) mass is 293 g/mol. The van der Waals surface area contributed by atoms with E-state index in [1.54, 1.807) is 12.3 Å². The summed E-state index contributed by atoms with van der Waals surface area (Å²) >= 11 is 1.27. The Labute approximate surface area is 120 Å². The van der Waals surface area contributed by atoms with Crippen LogP contribution in [0.3, 0.4) is 0 Å². The summed E-state index contributed by atoms with van der Waals surface area (Å²) in [4.78, 5) is 11.9. The lowest BCUT2D eigenvalue weighted by Crippen LogP contribution is -2.30. The molecule has 1 aliphatic carbocycles. The predicted octanol–water partition coefficient (Wildman–Crippen LogP) is 2.34. The SMILES string of the molecule is CC(Sc1nnc(C2CC2)o1)C(=O)NCc1ccco1. The summed E-state index contributed by atoms with van der Waals surface area (Å²) in [5, 5.41) is 10.9. The molecule has 0 saturated heterocycles. The number of nitrogens with zero attached hydrogens (tertiary/aromatic N) is 2. The Bertz CT molecular complexity index is 577. The molecule has 0 aliphatic heterocycles. The van der Waals surface area contributed by atoms with Crippen LogP contribution in [0.2, 0.25) is 0 Å². The highest BCUT2D eigenvalue weighted by Gasteiger charge is 2.30. The van der Waals surface area contributed by atoms with E-state index in [1.165, 1.54) is 11.8 Å². The fourth-order valence-electron chi connectivity index (χ4n) is 1.70. The summed E-state index contributed by atoms with van der Waals surface area (Å²) in [6, 6.07) is 3.61. The van der Waals surface area contributed by atoms with E-state index in [1.807, 2.05) is 13.0 Å². The average molecular weight is 293 g/mol. The molecule has 1 atom stereocenters. The zero-order chi connectivity index (χ0) is 13.9. The molecule has 0 aromatic carbocycles. The third-order valence-corrected chi connectivity index (χ3v) is 3.95. The number of carbonyl (C=O) groups is 1. The lowest BCUT2D eigenvalue weighted by molar-refractivity contribution is -0.120. The van der Waals surface area contributed by atoms with E-state index < -0.39 is 0 Å². The smallest absolute Gasteiger partial charge is 0.277 e. The van der Waals surface area contributed by atoms with Gasteiger partial charge in [0.05, 0.1) is 18.1 Å². The highest BCUT2D eigenvalue weighted by Crippen LogP contribution is 2.40. The van der Waals surface area contributed by atoms with Crippen molar-refractivity contribution < 1.29 is 13.6 Å². The molecule has 1 N–H and O–H groups in total. The van der Waals surface area contributed by atoms with Crippen LogP contribution in [0.5, 0.6) is 0 Å². The zero-order valence-electron chi connectivity index (χ0n) is 11.0. The van der Waals surface area contributed by atoms with Crippen LogP contribution in [0, 0.1) is 0 Å². The summed E-state index contributed by atoms with van der Waals surface area (Å²) in [5.74, 6) is 1.76. The molecule has 1 saturated carbocycles. The summed E-state index contributed by atoms with van der Waals surface area (Å²) in [6.45, 7) is 2.19. The number of hydrogen-bond donors (Lipinski definition) is 1. The lowest BCUT2D eigenvalue weighted by atomic mass is 10.4. The Kier molecular flexibility index (Phi) is 3.77. The molecule has 1 fully saturated rings. The molecule has 1 aliphatic rings. The predicted molar refractivity (Wildman–Crippen MR) is 72.1 cm³/mol. The summed E-state index contributed by atoms with van der Waals surface area (Å²) in [6.07, 6.45) is 3.81. The van der Waals surface area contributed by atoms with E-state index in [2.05, 4.69) is 15.5 Å². The normalized spacial score (nSPS) is 16.1. The highest BCUT2D eigenvalue weighted by atomic mass is 32.2. The number of rotatable bonds is 6. The molecule has 2 heterocycles. The van der Waals surface area contributed by atoms with Crippen LogP contribution in [-0.2, 0) is 11.3 Å². The van der Waals surface area contributed by atoms with Gasteiger partial charge in [-0.3, -0.25) is 4.79 Å². The number of amides is 1. The first-order valence-corrected chi connectivity index (χ1v) is 7.40. The van der Waals surface area contributed by atoms with Crippen LogP contribution in [-0.4, -0.2) is 21.4 Å². The molecule has 0 bridgehead atoms. The van der Waals surface area contributed by atoms with E-state index in [9.17, 15) is 4.79 Å². The number of furan rings is 1. The number of carbonyl (C=O) groups excluding carboxylic acids is 1. The molecule has 20 heavy (non-hydrogen) atoms. The van der Waals surface area contributed by atoms with Gasteiger partial charge < -0.3 is 14.2 Å². The van der Waals surface area contributed by atoms with Crippen molar-refractivity contribution in [1.82, 2.24) is 15.5 Å².